The molecule has 6 nitrogen and oxygen atoms in total. The van der Waals surface area contributed by atoms with E-state index in [1.54, 1.807) is 35.7 Å². The molecule has 2 atom stereocenters. The third-order valence-electron chi connectivity index (χ3n) is 4.59. The Kier molecular flexibility index (Phi) is 4.95. The maximum absolute atomic E-state index is 13.9. The Balaban J connectivity index is 1.37. The van der Waals surface area contributed by atoms with E-state index in [1.807, 2.05) is 0 Å². The maximum atomic E-state index is 13.9. The molecule has 0 radical (unpaired) electrons. The highest BCUT2D eigenvalue weighted by molar-refractivity contribution is 7.14. The number of hydrogen-bond donors (Lipinski definition) is 2. The highest BCUT2D eigenvalue weighted by atomic mass is 32.1. The highest BCUT2D eigenvalue weighted by Gasteiger charge is 2.45. The van der Waals surface area contributed by atoms with E-state index in [0.29, 0.717) is 40.9 Å². The van der Waals surface area contributed by atoms with Crippen LogP contribution in [0, 0.1) is 11.7 Å². The predicted molar refractivity (Wildman–Crippen MR) is 103 cm³/mol. The van der Waals surface area contributed by atoms with Crippen LogP contribution in [0.2, 0.25) is 0 Å². The van der Waals surface area contributed by atoms with E-state index in [4.69, 9.17) is 4.42 Å². The van der Waals surface area contributed by atoms with Crippen LogP contribution in [0.4, 0.5) is 9.52 Å². The van der Waals surface area contributed by atoms with E-state index in [9.17, 15) is 14.0 Å². The van der Waals surface area contributed by atoms with E-state index < -0.39 is 0 Å². The minimum Gasteiger partial charge on any atom is -0.458 e. The van der Waals surface area contributed by atoms with Crippen LogP contribution in [0.15, 0.2) is 46.2 Å². The molecule has 0 spiro atoms. The van der Waals surface area contributed by atoms with Crippen molar-refractivity contribution in [3.8, 4) is 11.5 Å². The minimum absolute atomic E-state index is 0.0814. The summed E-state index contributed by atoms with van der Waals surface area (Å²) in [7, 11) is 0. The normalized spacial score (nSPS) is 17.9. The number of thiazole rings is 1. The molecule has 3 aromatic rings. The molecule has 2 unspecified atom stereocenters. The average Bonchev–Trinajstić information content (AvgIpc) is 3.09. The zero-order valence-electron chi connectivity index (χ0n) is 15.1. The lowest BCUT2D eigenvalue weighted by Crippen LogP contribution is -2.18. The molecule has 1 aromatic carbocycles. The van der Waals surface area contributed by atoms with Crippen LogP contribution in [-0.4, -0.2) is 16.8 Å². The van der Waals surface area contributed by atoms with Gasteiger partial charge in [0.15, 0.2) is 10.9 Å². The number of anilines is 1. The Bertz CT molecular complexity index is 1030. The number of nitrogens with zero attached hydrogens (tertiary/aromatic N) is 1. The van der Waals surface area contributed by atoms with Crippen LogP contribution >= 0.6 is 11.3 Å². The fraction of sp³-hybridized carbons (Fsp3) is 0.250. The summed E-state index contributed by atoms with van der Waals surface area (Å²) in [4.78, 5) is 27.8. The quantitative estimate of drug-likeness (QED) is 0.658. The van der Waals surface area contributed by atoms with E-state index >= 15 is 0 Å². The first-order chi connectivity index (χ1) is 13.5. The number of furan rings is 1. The molecular weight excluding hydrogens is 381 g/mol. The second-order valence-corrected chi connectivity index (χ2v) is 7.53. The van der Waals surface area contributed by atoms with Gasteiger partial charge in [-0.25, -0.2) is 9.37 Å². The second kappa shape index (κ2) is 7.55. The molecule has 4 rings (SSSR count). The highest BCUT2D eigenvalue weighted by Crippen LogP contribution is 2.48. The molecule has 2 N–H and O–H groups in total. The van der Waals surface area contributed by atoms with Crippen molar-refractivity contribution in [3.05, 3.63) is 58.9 Å². The summed E-state index contributed by atoms with van der Waals surface area (Å²) in [5.74, 6) is 0.305. The van der Waals surface area contributed by atoms with Gasteiger partial charge in [-0.05, 0) is 36.1 Å². The first-order valence-corrected chi connectivity index (χ1v) is 9.73. The second-order valence-electron chi connectivity index (χ2n) is 6.67. The van der Waals surface area contributed by atoms with E-state index in [1.165, 1.54) is 24.3 Å². The summed E-state index contributed by atoms with van der Waals surface area (Å²) in [6.45, 7) is 1.75. The van der Waals surface area contributed by atoms with Crippen molar-refractivity contribution < 1.29 is 18.4 Å². The molecule has 8 heteroatoms. The molecule has 1 fully saturated rings. The van der Waals surface area contributed by atoms with E-state index in [2.05, 4.69) is 15.6 Å². The van der Waals surface area contributed by atoms with Crippen molar-refractivity contribution in [2.45, 2.75) is 25.8 Å². The van der Waals surface area contributed by atoms with Crippen LogP contribution < -0.4 is 10.6 Å². The molecule has 2 aromatic heterocycles. The first-order valence-electron chi connectivity index (χ1n) is 8.85. The Morgan fingerprint density at radius 2 is 2.11 bits per heavy atom. The van der Waals surface area contributed by atoms with Gasteiger partial charge in [0.2, 0.25) is 11.8 Å². The van der Waals surface area contributed by atoms with Crippen LogP contribution in [0.5, 0.6) is 0 Å². The van der Waals surface area contributed by atoms with Crippen LogP contribution in [-0.2, 0) is 16.1 Å². The molecule has 28 heavy (non-hydrogen) atoms. The van der Waals surface area contributed by atoms with Crippen molar-refractivity contribution in [3.63, 3.8) is 0 Å². The zero-order valence-corrected chi connectivity index (χ0v) is 15.9. The number of carbonyl (C=O) groups excluding carboxylic acids is 2. The molecule has 2 amide bonds. The number of benzene rings is 1. The number of aromatic nitrogens is 1. The lowest BCUT2D eigenvalue weighted by Gasteiger charge is -2.02. The number of halogens is 1. The number of rotatable bonds is 6. The molecule has 2 heterocycles. The fourth-order valence-electron chi connectivity index (χ4n) is 3.07. The van der Waals surface area contributed by atoms with Gasteiger partial charge in [-0.1, -0.05) is 18.2 Å². The van der Waals surface area contributed by atoms with E-state index in [-0.39, 0.29) is 29.5 Å². The van der Waals surface area contributed by atoms with Gasteiger partial charge in [0.25, 0.3) is 0 Å². The summed E-state index contributed by atoms with van der Waals surface area (Å²) >= 11 is 1.30. The molecular formula is C20H18FN3O3S. The summed E-state index contributed by atoms with van der Waals surface area (Å²) < 4.78 is 19.5. The lowest BCUT2D eigenvalue weighted by molar-refractivity contribution is -0.119. The molecule has 1 aliphatic rings. The largest absolute Gasteiger partial charge is 0.458 e. The van der Waals surface area contributed by atoms with Gasteiger partial charge in [0, 0.05) is 18.2 Å². The lowest BCUT2D eigenvalue weighted by atomic mass is 10.1. The van der Waals surface area contributed by atoms with Crippen LogP contribution in [0.3, 0.4) is 0 Å². The number of hydrogen-bond acceptors (Lipinski definition) is 5. The number of carbonyl (C=O) groups is 2. The van der Waals surface area contributed by atoms with E-state index in [0.717, 1.165) is 0 Å². The Morgan fingerprint density at radius 1 is 1.29 bits per heavy atom. The number of nitrogens with one attached hydrogen (secondary N) is 2. The maximum Gasteiger partial charge on any atom is 0.229 e. The molecule has 0 bridgehead atoms. The van der Waals surface area contributed by atoms with Crippen molar-refractivity contribution in [2.75, 3.05) is 5.32 Å². The van der Waals surface area contributed by atoms with Crippen molar-refractivity contribution in [2.24, 2.45) is 5.92 Å². The average molecular weight is 399 g/mol. The van der Waals surface area contributed by atoms with Gasteiger partial charge in [-0.2, -0.15) is 0 Å². The third-order valence-corrected chi connectivity index (χ3v) is 5.35. The zero-order chi connectivity index (χ0) is 19.7. The summed E-state index contributed by atoms with van der Waals surface area (Å²) in [5, 5.41) is 7.73. The molecule has 0 saturated heterocycles. The molecule has 144 valence electrons. The molecule has 1 saturated carbocycles. The fourth-order valence-corrected chi connectivity index (χ4v) is 3.77. The summed E-state index contributed by atoms with van der Waals surface area (Å²) in [5.41, 5.74) is 1.19. The first kappa shape index (κ1) is 18.4. The summed E-state index contributed by atoms with van der Waals surface area (Å²) in [6.07, 6.45) is 0.635. The van der Waals surface area contributed by atoms with Gasteiger partial charge in [0.1, 0.15) is 17.3 Å². The monoisotopic (exact) mass is 399 g/mol. The van der Waals surface area contributed by atoms with Gasteiger partial charge in [0.05, 0.1) is 6.54 Å². The number of amides is 2. The Labute approximate surface area is 164 Å². The Hall–Kier alpha value is -3.00. The van der Waals surface area contributed by atoms with Crippen molar-refractivity contribution in [1.29, 1.82) is 0 Å². The standard InChI is InChI=1S/C20H18FN3O3S/c1-11(25)22-9-12-6-7-18(27-12)17-10-28-20(23-17)24-19(26)15-8-14(15)13-4-2-3-5-16(13)21/h2-7,10,14-15H,8-9H2,1H3,(H,22,25)(H,23,24,26). The smallest absolute Gasteiger partial charge is 0.229 e. The summed E-state index contributed by atoms with van der Waals surface area (Å²) in [6, 6.07) is 10.1. The van der Waals surface area contributed by atoms with Gasteiger partial charge in [-0.3, -0.25) is 9.59 Å². The third kappa shape index (κ3) is 3.96. The molecule has 0 aliphatic heterocycles. The van der Waals surface area contributed by atoms with Gasteiger partial charge < -0.3 is 15.1 Å². The topological polar surface area (TPSA) is 84.2 Å². The van der Waals surface area contributed by atoms with Crippen LogP contribution in [0.1, 0.15) is 30.6 Å². The predicted octanol–water partition coefficient (Wildman–Crippen LogP) is 3.92. The molecule has 1 aliphatic carbocycles. The van der Waals surface area contributed by atoms with Crippen molar-refractivity contribution in [1.82, 2.24) is 10.3 Å². The van der Waals surface area contributed by atoms with Crippen LogP contribution in [0.25, 0.3) is 11.5 Å². The Morgan fingerprint density at radius 3 is 2.89 bits per heavy atom. The van der Waals surface area contributed by atoms with Crippen molar-refractivity contribution >= 4 is 28.3 Å². The van der Waals surface area contributed by atoms with Gasteiger partial charge in [-0.15, -0.1) is 11.3 Å². The minimum atomic E-state index is -0.271. The van der Waals surface area contributed by atoms with Gasteiger partial charge >= 0.3 is 0 Å². The SMILES string of the molecule is CC(=O)NCc1ccc(-c2csc(NC(=O)C3CC3c3ccccc3F)n2)o1.